The van der Waals surface area contributed by atoms with Gasteiger partial charge in [-0.1, -0.05) is 6.07 Å². The summed E-state index contributed by atoms with van der Waals surface area (Å²) in [7, 11) is 0. The van der Waals surface area contributed by atoms with Gasteiger partial charge in [0.05, 0.1) is 10.5 Å². The van der Waals surface area contributed by atoms with Gasteiger partial charge in [0.15, 0.2) is 11.6 Å². The highest BCUT2D eigenvalue weighted by atomic mass is 19.1. The van der Waals surface area contributed by atoms with Gasteiger partial charge in [-0.25, -0.2) is 8.78 Å². The Morgan fingerprint density at radius 1 is 1.19 bits per heavy atom. The number of hydrogen-bond donors (Lipinski definition) is 1. The fraction of sp³-hybridized carbons (Fsp3) is 0.143. The van der Waals surface area contributed by atoms with Crippen LogP contribution in [0.5, 0.6) is 5.75 Å². The fourth-order valence-corrected chi connectivity index (χ4v) is 1.79. The Labute approximate surface area is 119 Å². The number of benzene rings is 2. The molecule has 0 heterocycles. The van der Waals surface area contributed by atoms with E-state index in [-0.39, 0.29) is 30.2 Å². The maximum atomic E-state index is 13.7. The molecule has 5 nitrogen and oxygen atoms in total. The highest BCUT2D eigenvalue weighted by molar-refractivity contribution is 5.40. The largest absolute Gasteiger partial charge is 0.486 e. The van der Waals surface area contributed by atoms with Crippen molar-refractivity contribution in [2.75, 3.05) is 0 Å². The summed E-state index contributed by atoms with van der Waals surface area (Å²) in [5.74, 6) is -1.33. The van der Waals surface area contributed by atoms with Crippen LogP contribution in [0.15, 0.2) is 36.4 Å². The molecule has 2 aromatic rings. The highest BCUT2D eigenvalue weighted by Crippen LogP contribution is 2.24. The van der Waals surface area contributed by atoms with E-state index < -0.39 is 16.6 Å². The van der Waals surface area contributed by atoms with Crippen molar-refractivity contribution in [3.63, 3.8) is 0 Å². The Hall–Kier alpha value is -2.54. The van der Waals surface area contributed by atoms with Crippen LogP contribution < -0.4 is 10.5 Å². The third-order valence-corrected chi connectivity index (χ3v) is 2.85. The first-order valence-electron chi connectivity index (χ1n) is 6.05. The predicted octanol–water partition coefficient (Wildman–Crippen LogP) is 2.91. The van der Waals surface area contributed by atoms with Gasteiger partial charge in [-0.15, -0.1) is 0 Å². The van der Waals surface area contributed by atoms with Gasteiger partial charge in [0.25, 0.3) is 5.69 Å². The molecule has 0 amide bonds. The topological polar surface area (TPSA) is 78.4 Å². The first-order chi connectivity index (χ1) is 10.0. The second kappa shape index (κ2) is 6.27. The lowest BCUT2D eigenvalue weighted by molar-refractivity contribution is -0.385. The van der Waals surface area contributed by atoms with E-state index in [0.29, 0.717) is 5.56 Å². The predicted molar refractivity (Wildman–Crippen MR) is 71.7 cm³/mol. The average molecular weight is 294 g/mol. The Kier molecular flexibility index (Phi) is 4.44. The van der Waals surface area contributed by atoms with Crippen LogP contribution in [0, 0.1) is 21.7 Å². The van der Waals surface area contributed by atoms with Crippen LogP contribution in [-0.2, 0) is 13.2 Å². The molecule has 0 fully saturated rings. The Bertz CT molecular complexity index is 677. The van der Waals surface area contributed by atoms with E-state index in [0.717, 1.165) is 18.2 Å². The van der Waals surface area contributed by atoms with Gasteiger partial charge < -0.3 is 10.5 Å². The van der Waals surface area contributed by atoms with Gasteiger partial charge in [-0.3, -0.25) is 10.1 Å². The van der Waals surface area contributed by atoms with Crippen molar-refractivity contribution in [2.24, 2.45) is 5.73 Å². The zero-order chi connectivity index (χ0) is 15.4. The minimum absolute atomic E-state index is 0.0299. The molecule has 0 aliphatic heterocycles. The zero-order valence-electron chi connectivity index (χ0n) is 10.9. The van der Waals surface area contributed by atoms with Crippen LogP contribution in [0.25, 0.3) is 0 Å². The van der Waals surface area contributed by atoms with Crippen molar-refractivity contribution in [1.29, 1.82) is 0 Å². The number of nitrogens with two attached hydrogens (primary N) is 1. The number of ether oxygens (including phenoxy) is 1. The molecule has 2 N–H and O–H groups in total. The van der Waals surface area contributed by atoms with Crippen LogP contribution in [0.3, 0.4) is 0 Å². The first kappa shape index (κ1) is 14.9. The lowest BCUT2D eigenvalue weighted by atomic mass is 10.2. The maximum absolute atomic E-state index is 13.7. The SMILES string of the molecule is NCc1ccc(OCc2cc(F)ccc2[N+](=O)[O-])c(F)c1. The summed E-state index contributed by atoms with van der Waals surface area (Å²) in [5, 5.41) is 10.8. The molecule has 0 unspecified atom stereocenters. The molecular formula is C14H12F2N2O3. The van der Waals surface area contributed by atoms with Gasteiger partial charge in [0.1, 0.15) is 12.4 Å². The van der Waals surface area contributed by atoms with E-state index in [9.17, 15) is 18.9 Å². The minimum Gasteiger partial charge on any atom is -0.486 e. The van der Waals surface area contributed by atoms with Crippen LogP contribution in [0.2, 0.25) is 0 Å². The summed E-state index contributed by atoms with van der Waals surface area (Å²) >= 11 is 0. The number of rotatable bonds is 5. The van der Waals surface area contributed by atoms with E-state index in [1.54, 1.807) is 6.07 Å². The van der Waals surface area contributed by atoms with Crippen molar-refractivity contribution in [3.8, 4) is 5.75 Å². The molecule has 110 valence electrons. The van der Waals surface area contributed by atoms with Gasteiger partial charge in [0.2, 0.25) is 0 Å². The first-order valence-corrected chi connectivity index (χ1v) is 6.05. The third kappa shape index (κ3) is 3.51. The smallest absolute Gasteiger partial charge is 0.276 e. The van der Waals surface area contributed by atoms with Crippen molar-refractivity contribution in [3.05, 3.63) is 69.3 Å². The summed E-state index contributed by atoms with van der Waals surface area (Å²) in [5.41, 5.74) is 5.72. The number of nitrogens with zero attached hydrogens (tertiary/aromatic N) is 1. The molecule has 0 atom stereocenters. The van der Waals surface area contributed by atoms with E-state index in [1.807, 2.05) is 0 Å². The van der Waals surface area contributed by atoms with Crippen LogP contribution in [-0.4, -0.2) is 4.92 Å². The van der Waals surface area contributed by atoms with Crippen LogP contribution >= 0.6 is 0 Å². The Morgan fingerprint density at radius 3 is 2.57 bits per heavy atom. The summed E-state index contributed by atoms with van der Waals surface area (Å²) in [6.45, 7) is -0.125. The van der Waals surface area contributed by atoms with E-state index >= 15 is 0 Å². The van der Waals surface area contributed by atoms with Crippen LogP contribution in [0.1, 0.15) is 11.1 Å². The molecule has 0 saturated carbocycles. The van der Waals surface area contributed by atoms with Gasteiger partial charge >= 0.3 is 0 Å². The monoisotopic (exact) mass is 294 g/mol. The molecule has 2 rings (SSSR count). The molecule has 2 aromatic carbocycles. The summed E-state index contributed by atoms with van der Waals surface area (Å²) < 4.78 is 32.0. The normalized spacial score (nSPS) is 10.4. The van der Waals surface area contributed by atoms with E-state index in [1.165, 1.54) is 12.1 Å². The van der Waals surface area contributed by atoms with Gasteiger partial charge in [-0.2, -0.15) is 0 Å². The van der Waals surface area contributed by atoms with E-state index in [4.69, 9.17) is 10.5 Å². The molecule has 0 saturated heterocycles. The molecule has 0 aromatic heterocycles. The Balaban J connectivity index is 2.20. The minimum atomic E-state index is -0.647. The number of nitro benzene ring substituents is 1. The summed E-state index contributed by atoms with van der Waals surface area (Å²) in [4.78, 5) is 10.2. The molecule has 0 spiro atoms. The average Bonchev–Trinajstić information content (AvgIpc) is 2.45. The van der Waals surface area contributed by atoms with Crippen molar-refractivity contribution in [1.82, 2.24) is 0 Å². The molecular weight excluding hydrogens is 282 g/mol. The van der Waals surface area contributed by atoms with Crippen LogP contribution in [0.4, 0.5) is 14.5 Å². The Morgan fingerprint density at radius 2 is 1.95 bits per heavy atom. The molecule has 0 aliphatic rings. The zero-order valence-corrected chi connectivity index (χ0v) is 10.9. The number of nitro groups is 1. The molecule has 7 heteroatoms. The number of hydrogen-bond acceptors (Lipinski definition) is 4. The maximum Gasteiger partial charge on any atom is 0.276 e. The standard InChI is InChI=1S/C14H12F2N2O3/c15-11-2-3-13(18(19)20)10(6-11)8-21-14-4-1-9(7-17)5-12(14)16/h1-6H,7-8,17H2. The summed E-state index contributed by atoms with van der Waals surface area (Å²) in [6, 6.07) is 7.20. The van der Waals surface area contributed by atoms with Crippen molar-refractivity contribution in [2.45, 2.75) is 13.2 Å². The van der Waals surface area contributed by atoms with Crippen molar-refractivity contribution >= 4 is 5.69 Å². The summed E-state index contributed by atoms with van der Waals surface area (Å²) in [6.07, 6.45) is 0. The fourth-order valence-electron chi connectivity index (χ4n) is 1.79. The number of halogens is 2. The second-order valence-electron chi connectivity index (χ2n) is 4.29. The highest BCUT2D eigenvalue weighted by Gasteiger charge is 2.15. The lowest BCUT2D eigenvalue weighted by Crippen LogP contribution is -2.03. The van der Waals surface area contributed by atoms with Gasteiger partial charge in [-0.05, 0) is 29.8 Å². The van der Waals surface area contributed by atoms with E-state index in [2.05, 4.69) is 0 Å². The van der Waals surface area contributed by atoms with Gasteiger partial charge in [0, 0.05) is 12.6 Å². The third-order valence-electron chi connectivity index (χ3n) is 2.85. The molecule has 0 aliphatic carbocycles. The molecule has 0 bridgehead atoms. The van der Waals surface area contributed by atoms with Crippen molar-refractivity contribution < 1.29 is 18.4 Å². The molecule has 21 heavy (non-hydrogen) atoms. The molecule has 0 radical (unpaired) electrons. The second-order valence-corrected chi connectivity index (χ2v) is 4.29. The quantitative estimate of drug-likeness (QED) is 0.679. The lowest BCUT2D eigenvalue weighted by Gasteiger charge is -2.09.